The number of hydrogen-bond acceptors (Lipinski definition) is 15. The van der Waals surface area contributed by atoms with Crippen LogP contribution in [0.5, 0.6) is 23.0 Å². The number of aryl methyl sites for hydroxylation is 2. The number of amides is 1. The number of nitrogens with zero attached hydrogens (tertiary/aromatic N) is 5. The average Bonchev–Trinajstić information content (AvgIpc) is 3.35. The van der Waals surface area contributed by atoms with Gasteiger partial charge in [-0.1, -0.05) is 102 Å². The fourth-order valence-corrected chi connectivity index (χ4v) is 9.46. The number of phenolic OH excluding ortho intramolecular Hbond substituents is 1. The molecule has 4 N–H and O–H groups in total. The van der Waals surface area contributed by atoms with Crippen molar-refractivity contribution in [2.24, 2.45) is 25.4 Å². The minimum atomic E-state index is -4.62. The number of anilines is 1. The number of phenols is 1. The maximum Gasteiger partial charge on any atom is 2.00 e. The van der Waals surface area contributed by atoms with Crippen LogP contribution in [0.25, 0.3) is 21.5 Å². The van der Waals surface area contributed by atoms with Crippen LogP contribution in [0, 0.1) is 13.8 Å². The van der Waals surface area contributed by atoms with Crippen LogP contribution >= 0.6 is 23.2 Å². The van der Waals surface area contributed by atoms with E-state index < -0.39 is 53.3 Å². The number of azo groups is 2. The number of carbonyl (C=O) groups is 1. The molecule has 0 aromatic heterocycles. The number of fused-ring (bicyclic) bond motifs is 2. The molecular weight excluding hydrogens is 1170 g/mol. The summed E-state index contributed by atoms with van der Waals surface area (Å²) in [5.41, 5.74) is 1.09. The summed E-state index contributed by atoms with van der Waals surface area (Å²) in [4.78, 5) is 16.2. The molecule has 380 valence electrons. The number of para-hydroxylation sites is 4. The van der Waals surface area contributed by atoms with Gasteiger partial charge in [-0.05, 0) is 122 Å². The molecular formula is C52H42BaCl2N6O12S2. The third-order valence-electron chi connectivity index (χ3n) is 10.8. The fourth-order valence-electron chi connectivity index (χ4n) is 7.34. The van der Waals surface area contributed by atoms with Gasteiger partial charge in [-0.25, -0.2) is 0 Å². The van der Waals surface area contributed by atoms with Gasteiger partial charge in [0.2, 0.25) is 0 Å². The van der Waals surface area contributed by atoms with Gasteiger partial charge in [0, 0.05) is 10.8 Å². The molecule has 1 amide bonds. The summed E-state index contributed by atoms with van der Waals surface area (Å²) in [5.74, 6) is -1.62. The number of halogens is 2. The molecule has 0 radical (unpaired) electrons. The van der Waals surface area contributed by atoms with E-state index in [0.717, 1.165) is 12.1 Å². The number of rotatable bonds is 14. The molecule has 75 heavy (non-hydrogen) atoms. The second-order valence-corrected chi connectivity index (χ2v) is 19.4. The summed E-state index contributed by atoms with van der Waals surface area (Å²) >= 11 is 12.0. The first-order valence-electron chi connectivity index (χ1n) is 22.1. The molecule has 8 aromatic rings. The van der Waals surface area contributed by atoms with Crippen molar-refractivity contribution in [1.29, 1.82) is 0 Å². The van der Waals surface area contributed by atoms with Crippen LogP contribution < -0.4 is 25.0 Å². The first kappa shape index (κ1) is 57.9. The van der Waals surface area contributed by atoms with Gasteiger partial charge in [-0.15, -0.1) is 5.11 Å². The molecule has 0 heterocycles. The van der Waals surface area contributed by atoms with Crippen molar-refractivity contribution in [3.05, 3.63) is 166 Å². The van der Waals surface area contributed by atoms with Crippen LogP contribution in [0.4, 0.5) is 34.1 Å². The van der Waals surface area contributed by atoms with E-state index >= 15 is 0 Å². The Labute approximate surface area is 481 Å². The quantitative estimate of drug-likeness (QED) is 0.0260. The number of aromatic hydroxyl groups is 1. The van der Waals surface area contributed by atoms with Crippen LogP contribution in [0.2, 0.25) is 10.0 Å². The largest absolute Gasteiger partial charge is 2.00 e. The number of hydrogen-bond donors (Lipinski definition) is 4. The SMILES string of the molecule is CCOc1ccccc1N=C([O-])c1cc2ccccc2c(N=Nc2cc(C)c(Cl)c(S(=O)(=O)O)c2)c1[O-].CCOc1ccccc1NC(=O)c1cc2ccccc2c(N=Nc2cc(C)c(Cl)c(S(=O)(=O)O)c2)c1O.[Ba+2]. The first-order chi connectivity index (χ1) is 35.2. The molecule has 8 rings (SSSR count). The Kier molecular flexibility index (Phi) is 19.3. The molecule has 0 saturated carbocycles. The molecule has 0 aliphatic heterocycles. The maximum absolute atomic E-state index is 13.4. The monoisotopic (exact) mass is 1210 g/mol. The zero-order valence-electron chi connectivity index (χ0n) is 40.1. The third-order valence-corrected chi connectivity index (χ3v) is 13.7. The predicted molar refractivity (Wildman–Crippen MR) is 284 cm³/mol. The maximum atomic E-state index is 13.4. The molecule has 0 fully saturated rings. The molecule has 0 bridgehead atoms. The Morgan fingerprint density at radius 3 is 1.63 bits per heavy atom. The van der Waals surface area contributed by atoms with Gasteiger partial charge in [0.1, 0.15) is 32.7 Å². The topological polar surface area (TPSA) is 284 Å². The van der Waals surface area contributed by atoms with Gasteiger partial charge < -0.3 is 30.1 Å². The predicted octanol–water partition coefficient (Wildman–Crippen LogP) is 11.8. The van der Waals surface area contributed by atoms with Gasteiger partial charge in [0.25, 0.3) is 26.1 Å². The molecule has 0 saturated heterocycles. The van der Waals surface area contributed by atoms with Crippen LogP contribution in [0.15, 0.2) is 169 Å². The summed E-state index contributed by atoms with van der Waals surface area (Å²) in [6.45, 7) is 7.49. The molecule has 0 spiro atoms. The number of benzene rings is 8. The Morgan fingerprint density at radius 2 is 1.08 bits per heavy atom. The van der Waals surface area contributed by atoms with E-state index in [2.05, 4.69) is 30.8 Å². The van der Waals surface area contributed by atoms with E-state index in [-0.39, 0.29) is 98.5 Å². The van der Waals surface area contributed by atoms with Crippen molar-refractivity contribution >= 4 is 160 Å². The standard InChI is InChI=1S/2C26H22ClN3O6S.Ba/c2*1-3-36-21-11-7-6-10-20(21)28-26(32)19-13-16-8-4-5-9-18(16)24(25(19)31)30-29-17-12-15(2)23(27)22(14-17)37(33,34)35;/h2*4-14,31H,3H2,1-2H3,(H,28,32)(H,33,34,35);/q;;+2/p-2. The summed E-state index contributed by atoms with van der Waals surface area (Å²) < 4.78 is 76.8. The molecule has 0 atom stereocenters. The van der Waals surface area contributed by atoms with Crippen LogP contribution in [0.3, 0.4) is 0 Å². The van der Waals surface area contributed by atoms with Gasteiger partial charge in [0.05, 0.1) is 51.6 Å². The minimum absolute atomic E-state index is 0. The van der Waals surface area contributed by atoms with E-state index in [1.807, 2.05) is 6.92 Å². The van der Waals surface area contributed by atoms with Crippen molar-refractivity contribution in [2.75, 3.05) is 18.5 Å². The zero-order valence-corrected chi connectivity index (χ0v) is 47.7. The molecule has 18 nitrogen and oxygen atoms in total. The van der Waals surface area contributed by atoms with Crippen molar-refractivity contribution in [2.45, 2.75) is 37.5 Å². The van der Waals surface area contributed by atoms with Crippen molar-refractivity contribution < 1.29 is 55.5 Å². The number of ether oxygens (including phenoxy) is 2. The Morgan fingerprint density at radius 1 is 0.627 bits per heavy atom. The molecule has 0 unspecified atom stereocenters. The van der Waals surface area contributed by atoms with Gasteiger partial charge >= 0.3 is 48.9 Å². The minimum Gasteiger partial charge on any atom is -0.871 e. The van der Waals surface area contributed by atoms with E-state index in [1.165, 1.54) is 31.2 Å². The molecule has 8 aromatic carbocycles. The number of carbonyl (C=O) groups excluding carboxylic acids is 1. The Balaban J connectivity index is 0.000000241. The van der Waals surface area contributed by atoms with Gasteiger partial charge in [0.15, 0.2) is 5.75 Å². The second-order valence-electron chi connectivity index (χ2n) is 15.9. The van der Waals surface area contributed by atoms with E-state index in [9.17, 15) is 46.1 Å². The van der Waals surface area contributed by atoms with Crippen LogP contribution in [0.1, 0.15) is 40.9 Å². The number of aliphatic imine (C=N–C) groups is 1. The molecule has 0 aliphatic carbocycles. The Bertz CT molecular complexity index is 3830. The third kappa shape index (κ3) is 13.7. The Hall–Kier alpha value is -6.41. The van der Waals surface area contributed by atoms with Gasteiger partial charge in [-0.2, -0.15) is 32.2 Å². The smallest absolute Gasteiger partial charge is 0.871 e. The summed E-state index contributed by atoms with van der Waals surface area (Å²) in [6.07, 6.45) is 0. The van der Waals surface area contributed by atoms with E-state index in [4.69, 9.17) is 32.7 Å². The van der Waals surface area contributed by atoms with Crippen LogP contribution in [-0.4, -0.2) is 105 Å². The van der Waals surface area contributed by atoms with E-state index in [0.29, 0.717) is 63.1 Å². The normalized spacial score (nSPS) is 11.9. The fraction of sp³-hybridized carbons (Fsp3) is 0.115. The molecule has 0 aliphatic rings. The first-order valence-corrected chi connectivity index (χ1v) is 25.7. The van der Waals surface area contributed by atoms with Crippen molar-refractivity contribution in [3.63, 3.8) is 0 Å². The van der Waals surface area contributed by atoms with Crippen molar-refractivity contribution in [3.8, 4) is 23.0 Å². The summed E-state index contributed by atoms with van der Waals surface area (Å²) in [6, 6.07) is 35.4. The summed E-state index contributed by atoms with van der Waals surface area (Å²) in [5, 5.41) is 58.4. The zero-order chi connectivity index (χ0) is 53.5. The average molecular weight is 1220 g/mol. The van der Waals surface area contributed by atoms with E-state index in [1.54, 1.807) is 111 Å². The second kappa shape index (κ2) is 25.0. The summed E-state index contributed by atoms with van der Waals surface area (Å²) in [7, 11) is -9.23. The molecule has 23 heteroatoms. The van der Waals surface area contributed by atoms with Crippen LogP contribution in [-0.2, 0) is 20.2 Å². The van der Waals surface area contributed by atoms with Crippen molar-refractivity contribution in [1.82, 2.24) is 0 Å². The van der Waals surface area contributed by atoms with Gasteiger partial charge in [-0.3, -0.25) is 18.9 Å². The number of nitrogens with one attached hydrogen (secondary N) is 1.